The molecular formula is C22H18FN3OS. The van der Waals surface area contributed by atoms with Crippen molar-refractivity contribution in [1.82, 2.24) is 4.98 Å². The molecule has 1 N–H and O–H groups in total. The van der Waals surface area contributed by atoms with Crippen molar-refractivity contribution >= 4 is 33.5 Å². The number of nitrogens with one attached hydrogen (secondary N) is 1. The van der Waals surface area contributed by atoms with Gasteiger partial charge in [-0.2, -0.15) is 5.10 Å². The van der Waals surface area contributed by atoms with E-state index in [1.165, 1.54) is 17.4 Å². The summed E-state index contributed by atoms with van der Waals surface area (Å²) in [5.74, 6) is 0.363. The predicted octanol–water partition coefficient (Wildman–Crippen LogP) is 5.77. The van der Waals surface area contributed by atoms with Crippen LogP contribution < -0.4 is 10.2 Å². The highest BCUT2D eigenvalue weighted by molar-refractivity contribution is 7.13. The van der Waals surface area contributed by atoms with Gasteiger partial charge in [0.05, 0.1) is 11.9 Å². The highest BCUT2D eigenvalue weighted by atomic mass is 32.1. The molecule has 0 fully saturated rings. The van der Waals surface area contributed by atoms with Crippen LogP contribution in [0.1, 0.15) is 16.8 Å². The number of aryl methyl sites for hydroxylation is 1. The van der Waals surface area contributed by atoms with Gasteiger partial charge in [-0.3, -0.25) is 5.43 Å². The van der Waals surface area contributed by atoms with E-state index in [9.17, 15) is 4.39 Å². The molecule has 28 heavy (non-hydrogen) atoms. The lowest BCUT2D eigenvalue weighted by atomic mass is 10.0. The minimum Gasteiger partial charge on any atom is -0.488 e. The molecule has 0 amide bonds. The average Bonchev–Trinajstić information content (AvgIpc) is 3.13. The molecule has 0 unspecified atom stereocenters. The van der Waals surface area contributed by atoms with E-state index in [0.29, 0.717) is 11.3 Å². The maximum atomic E-state index is 13.9. The zero-order valence-corrected chi connectivity index (χ0v) is 16.0. The highest BCUT2D eigenvalue weighted by Gasteiger charge is 2.09. The van der Waals surface area contributed by atoms with Gasteiger partial charge in [-0.1, -0.05) is 48.5 Å². The normalized spacial score (nSPS) is 11.2. The van der Waals surface area contributed by atoms with Crippen LogP contribution >= 0.6 is 11.3 Å². The van der Waals surface area contributed by atoms with Gasteiger partial charge in [0.25, 0.3) is 0 Å². The second-order valence-electron chi connectivity index (χ2n) is 6.24. The van der Waals surface area contributed by atoms with Gasteiger partial charge in [-0.25, -0.2) is 9.37 Å². The third-order valence-electron chi connectivity index (χ3n) is 4.24. The number of fused-ring (bicyclic) bond motifs is 1. The molecule has 0 radical (unpaired) electrons. The predicted molar refractivity (Wildman–Crippen MR) is 113 cm³/mol. The van der Waals surface area contributed by atoms with E-state index in [1.54, 1.807) is 24.4 Å². The summed E-state index contributed by atoms with van der Waals surface area (Å²) < 4.78 is 19.9. The Kier molecular flexibility index (Phi) is 5.30. The number of aromatic nitrogens is 1. The van der Waals surface area contributed by atoms with E-state index in [2.05, 4.69) is 15.5 Å². The van der Waals surface area contributed by atoms with Crippen LogP contribution in [-0.4, -0.2) is 11.2 Å². The number of anilines is 1. The summed E-state index contributed by atoms with van der Waals surface area (Å²) in [5, 5.41) is 9.09. The second kappa shape index (κ2) is 8.19. The van der Waals surface area contributed by atoms with E-state index in [1.807, 2.05) is 48.7 Å². The minimum absolute atomic E-state index is 0.144. The Hall–Kier alpha value is -3.25. The Bertz CT molecular complexity index is 1140. The van der Waals surface area contributed by atoms with E-state index >= 15 is 0 Å². The van der Waals surface area contributed by atoms with Crippen LogP contribution in [-0.2, 0) is 6.61 Å². The lowest BCUT2D eigenvalue weighted by Crippen LogP contribution is -2.01. The first kappa shape index (κ1) is 18.1. The molecule has 3 aromatic carbocycles. The fourth-order valence-corrected chi connectivity index (χ4v) is 3.50. The Morgan fingerprint density at radius 2 is 1.93 bits per heavy atom. The molecule has 0 aliphatic heterocycles. The monoisotopic (exact) mass is 391 g/mol. The van der Waals surface area contributed by atoms with E-state index < -0.39 is 0 Å². The maximum Gasteiger partial charge on any atom is 0.203 e. The number of hydrogen-bond donors (Lipinski definition) is 1. The van der Waals surface area contributed by atoms with Crippen LogP contribution in [0.25, 0.3) is 10.8 Å². The fraction of sp³-hybridized carbons (Fsp3) is 0.0909. The van der Waals surface area contributed by atoms with E-state index in [-0.39, 0.29) is 12.4 Å². The summed E-state index contributed by atoms with van der Waals surface area (Å²) in [4.78, 5) is 4.33. The number of hydrogen-bond acceptors (Lipinski definition) is 5. The zero-order chi connectivity index (χ0) is 19.3. The molecule has 4 nitrogen and oxygen atoms in total. The van der Waals surface area contributed by atoms with Crippen LogP contribution in [0.15, 0.2) is 71.1 Å². The molecule has 1 heterocycles. The van der Waals surface area contributed by atoms with Crippen molar-refractivity contribution in [1.29, 1.82) is 0 Å². The van der Waals surface area contributed by atoms with Crippen molar-refractivity contribution < 1.29 is 9.13 Å². The number of rotatable bonds is 6. The molecule has 0 saturated carbocycles. The number of nitrogens with zero attached hydrogens (tertiary/aromatic N) is 2. The first-order chi connectivity index (χ1) is 13.7. The van der Waals surface area contributed by atoms with Gasteiger partial charge in [-0.15, -0.1) is 11.3 Å². The number of benzene rings is 3. The van der Waals surface area contributed by atoms with Gasteiger partial charge >= 0.3 is 0 Å². The molecule has 4 rings (SSSR count). The molecule has 140 valence electrons. The molecule has 0 saturated heterocycles. The van der Waals surface area contributed by atoms with Crippen molar-refractivity contribution in [2.45, 2.75) is 13.5 Å². The van der Waals surface area contributed by atoms with Gasteiger partial charge in [0.15, 0.2) is 0 Å². The lowest BCUT2D eigenvalue weighted by molar-refractivity contribution is 0.300. The minimum atomic E-state index is -0.278. The molecule has 1 aromatic heterocycles. The van der Waals surface area contributed by atoms with E-state index in [0.717, 1.165) is 27.2 Å². The quantitative estimate of drug-likeness (QED) is 0.335. The van der Waals surface area contributed by atoms with Crippen molar-refractivity contribution in [2.24, 2.45) is 5.10 Å². The van der Waals surface area contributed by atoms with Crippen molar-refractivity contribution in [3.05, 3.63) is 88.7 Å². The van der Waals surface area contributed by atoms with Gasteiger partial charge in [0, 0.05) is 16.5 Å². The Morgan fingerprint density at radius 3 is 2.75 bits per heavy atom. The van der Waals surface area contributed by atoms with Crippen LogP contribution in [0.5, 0.6) is 5.75 Å². The third-order valence-corrected chi connectivity index (χ3v) is 5.11. The molecule has 4 aromatic rings. The van der Waals surface area contributed by atoms with Gasteiger partial charge in [0.1, 0.15) is 18.2 Å². The van der Waals surface area contributed by atoms with Crippen molar-refractivity contribution in [3.63, 3.8) is 0 Å². The molecule has 0 aliphatic rings. The second-order valence-corrected chi connectivity index (χ2v) is 7.10. The van der Waals surface area contributed by atoms with Crippen LogP contribution in [0.4, 0.5) is 9.52 Å². The number of thiazole rings is 1. The maximum absolute atomic E-state index is 13.9. The largest absolute Gasteiger partial charge is 0.488 e. The number of ether oxygens (including phenoxy) is 1. The molecule has 0 atom stereocenters. The number of hydrazone groups is 1. The summed E-state index contributed by atoms with van der Waals surface area (Å²) in [6.45, 7) is 2.08. The van der Waals surface area contributed by atoms with Crippen LogP contribution in [0, 0.1) is 12.7 Å². The Balaban J connectivity index is 1.63. The van der Waals surface area contributed by atoms with Gasteiger partial charge in [-0.05, 0) is 29.8 Å². The fourth-order valence-electron chi connectivity index (χ4n) is 2.86. The Labute approximate surface area is 166 Å². The summed E-state index contributed by atoms with van der Waals surface area (Å²) >= 11 is 1.49. The SMILES string of the molecule is Cc1csc(NN=Cc2c(OCc3ccccc3F)ccc3ccccc23)n1. The standard InChI is InChI=1S/C22H18FN3OS/c1-15-14-28-22(25-15)26-24-12-19-18-8-4-2-6-16(18)10-11-21(19)27-13-17-7-3-5-9-20(17)23/h2-12,14H,13H2,1H3,(H,25,26). The first-order valence-electron chi connectivity index (χ1n) is 8.80. The Morgan fingerprint density at radius 1 is 1.11 bits per heavy atom. The number of halogens is 1. The smallest absolute Gasteiger partial charge is 0.203 e. The van der Waals surface area contributed by atoms with Crippen LogP contribution in [0.2, 0.25) is 0 Å². The summed E-state index contributed by atoms with van der Waals surface area (Å²) in [7, 11) is 0. The third kappa shape index (κ3) is 4.02. The summed E-state index contributed by atoms with van der Waals surface area (Å²) in [5.41, 5.74) is 5.23. The average molecular weight is 391 g/mol. The molecular weight excluding hydrogens is 373 g/mol. The van der Waals surface area contributed by atoms with Crippen molar-refractivity contribution in [3.8, 4) is 5.75 Å². The lowest BCUT2D eigenvalue weighted by Gasteiger charge is -2.12. The van der Waals surface area contributed by atoms with Crippen molar-refractivity contribution in [2.75, 3.05) is 5.43 Å². The van der Waals surface area contributed by atoms with E-state index in [4.69, 9.17) is 4.74 Å². The molecule has 0 bridgehead atoms. The molecule has 0 aliphatic carbocycles. The molecule has 0 spiro atoms. The first-order valence-corrected chi connectivity index (χ1v) is 9.68. The highest BCUT2D eigenvalue weighted by Crippen LogP contribution is 2.28. The topological polar surface area (TPSA) is 46.5 Å². The van der Waals surface area contributed by atoms with Crippen LogP contribution in [0.3, 0.4) is 0 Å². The summed E-state index contributed by atoms with van der Waals surface area (Å²) in [6.07, 6.45) is 1.72. The molecule has 6 heteroatoms. The summed E-state index contributed by atoms with van der Waals surface area (Å²) in [6, 6.07) is 18.5. The van der Waals surface area contributed by atoms with Gasteiger partial charge < -0.3 is 4.74 Å². The van der Waals surface area contributed by atoms with Gasteiger partial charge in [0.2, 0.25) is 5.13 Å². The zero-order valence-electron chi connectivity index (χ0n) is 15.2.